The second kappa shape index (κ2) is 4.35. The number of hydrogen-bond acceptors (Lipinski definition) is 3. The summed E-state index contributed by atoms with van der Waals surface area (Å²) in [6.45, 7) is 5.86. The third-order valence-electron chi connectivity index (χ3n) is 1.74. The molecular formula is C10H14BrNO3. The van der Waals surface area contributed by atoms with E-state index in [0.717, 1.165) is 0 Å². The van der Waals surface area contributed by atoms with Crippen LogP contribution >= 0.6 is 15.9 Å². The predicted molar refractivity (Wildman–Crippen MR) is 59.8 cm³/mol. The van der Waals surface area contributed by atoms with Gasteiger partial charge in [0, 0.05) is 6.54 Å². The van der Waals surface area contributed by atoms with E-state index in [4.69, 9.17) is 4.74 Å². The number of Topliss-reactive ketones (excluding diaryl/α,β-unsaturated/α-hetero) is 1. The van der Waals surface area contributed by atoms with Crippen molar-refractivity contribution in [3.8, 4) is 0 Å². The highest BCUT2D eigenvalue weighted by molar-refractivity contribution is 9.12. The van der Waals surface area contributed by atoms with Crippen LogP contribution in [0.4, 0.5) is 4.79 Å². The zero-order valence-electron chi connectivity index (χ0n) is 9.04. The van der Waals surface area contributed by atoms with Gasteiger partial charge >= 0.3 is 6.09 Å². The largest absolute Gasteiger partial charge is 0.444 e. The second-order valence-electron chi connectivity index (χ2n) is 4.34. The van der Waals surface area contributed by atoms with Crippen LogP contribution in [0.5, 0.6) is 0 Å². The van der Waals surface area contributed by atoms with Crippen LogP contribution in [0.25, 0.3) is 0 Å². The number of nitrogens with zero attached hydrogens (tertiary/aromatic N) is 1. The van der Waals surface area contributed by atoms with Gasteiger partial charge in [-0.2, -0.15) is 0 Å². The Morgan fingerprint density at radius 2 is 2.13 bits per heavy atom. The lowest BCUT2D eigenvalue weighted by Crippen LogP contribution is -2.42. The normalized spacial score (nSPS) is 17.5. The summed E-state index contributed by atoms with van der Waals surface area (Å²) in [5, 5.41) is 0. The maximum absolute atomic E-state index is 11.6. The van der Waals surface area contributed by atoms with E-state index in [-0.39, 0.29) is 12.3 Å². The molecule has 0 fully saturated rings. The standard InChI is InChI=1S/C10H14BrNO3/c1-10(2,3)15-9(14)12-5-4-7(11)8(13)6-12/h4H,5-6H2,1-3H3. The van der Waals surface area contributed by atoms with Crippen LogP contribution < -0.4 is 0 Å². The molecule has 1 aliphatic heterocycles. The van der Waals surface area contributed by atoms with E-state index in [0.29, 0.717) is 11.0 Å². The fourth-order valence-corrected chi connectivity index (χ4v) is 1.35. The zero-order valence-corrected chi connectivity index (χ0v) is 10.6. The maximum Gasteiger partial charge on any atom is 0.410 e. The highest BCUT2D eigenvalue weighted by Crippen LogP contribution is 2.16. The third kappa shape index (κ3) is 3.66. The molecule has 0 bridgehead atoms. The summed E-state index contributed by atoms with van der Waals surface area (Å²) in [5.41, 5.74) is -0.529. The molecule has 0 aromatic heterocycles. The number of ether oxygens (including phenoxy) is 1. The third-order valence-corrected chi connectivity index (χ3v) is 2.51. The first kappa shape index (κ1) is 12.2. The molecule has 5 heteroatoms. The van der Waals surface area contributed by atoms with Gasteiger partial charge in [0.05, 0.1) is 11.0 Å². The van der Waals surface area contributed by atoms with Gasteiger partial charge in [-0.15, -0.1) is 0 Å². The number of halogens is 1. The Labute approximate surface area is 97.4 Å². The van der Waals surface area contributed by atoms with E-state index < -0.39 is 11.7 Å². The minimum atomic E-state index is -0.529. The van der Waals surface area contributed by atoms with Gasteiger partial charge in [-0.3, -0.25) is 9.69 Å². The lowest BCUT2D eigenvalue weighted by molar-refractivity contribution is -0.116. The monoisotopic (exact) mass is 275 g/mol. The predicted octanol–water partition coefficient (Wildman–Crippen LogP) is 2.08. The highest BCUT2D eigenvalue weighted by atomic mass is 79.9. The van der Waals surface area contributed by atoms with Gasteiger partial charge in [-0.1, -0.05) is 0 Å². The van der Waals surface area contributed by atoms with Crippen molar-refractivity contribution < 1.29 is 14.3 Å². The summed E-state index contributed by atoms with van der Waals surface area (Å²) in [7, 11) is 0. The molecule has 1 aliphatic rings. The van der Waals surface area contributed by atoms with Crippen LogP contribution in [0.1, 0.15) is 20.8 Å². The van der Waals surface area contributed by atoms with Crippen molar-refractivity contribution in [1.29, 1.82) is 0 Å². The van der Waals surface area contributed by atoms with Gasteiger partial charge in [0.15, 0.2) is 5.78 Å². The van der Waals surface area contributed by atoms with Gasteiger partial charge in [-0.25, -0.2) is 4.79 Å². The molecule has 0 N–H and O–H groups in total. The molecule has 0 aromatic carbocycles. The van der Waals surface area contributed by atoms with E-state index in [1.807, 2.05) is 0 Å². The van der Waals surface area contributed by atoms with Crippen LogP contribution in [0.15, 0.2) is 10.6 Å². The van der Waals surface area contributed by atoms with Crippen molar-refractivity contribution in [2.24, 2.45) is 0 Å². The molecule has 1 amide bonds. The van der Waals surface area contributed by atoms with Gasteiger partial charge in [0.1, 0.15) is 5.60 Å². The van der Waals surface area contributed by atoms with Gasteiger partial charge < -0.3 is 4.74 Å². The Balaban J connectivity index is 2.61. The smallest absolute Gasteiger partial charge is 0.410 e. The van der Waals surface area contributed by atoms with E-state index in [1.54, 1.807) is 26.8 Å². The molecule has 1 rings (SSSR count). The van der Waals surface area contributed by atoms with Crippen molar-refractivity contribution in [1.82, 2.24) is 4.90 Å². The van der Waals surface area contributed by atoms with Gasteiger partial charge in [-0.05, 0) is 42.8 Å². The highest BCUT2D eigenvalue weighted by Gasteiger charge is 2.26. The minimum absolute atomic E-state index is 0.0754. The fourth-order valence-electron chi connectivity index (χ4n) is 1.08. The summed E-state index contributed by atoms with van der Waals surface area (Å²) in [6, 6.07) is 0. The summed E-state index contributed by atoms with van der Waals surface area (Å²) in [5.74, 6) is -0.105. The van der Waals surface area contributed by atoms with E-state index in [1.165, 1.54) is 4.90 Å². The van der Waals surface area contributed by atoms with Crippen LogP contribution in [0.3, 0.4) is 0 Å². The molecule has 0 spiro atoms. The lowest BCUT2D eigenvalue weighted by Gasteiger charge is -2.27. The quantitative estimate of drug-likeness (QED) is 0.680. The molecule has 0 unspecified atom stereocenters. The van der Waals surface area contributed by atoms with Gasteiger partial charge in [0.25, 0.3) is 0 Å². The Bertz CT molecular complexity index is 317. The number of ketones is 1. The van der Waals surface area contributed by atoms with E-state index >= 15 is 0 Å². The summed E-state index contributed by atoms with van der Waals surface area (Å²) >= 11 is 3.12. The zero-order chi connectivity index (χ0) is 11.6. The molecule has 0 saturated heterocycles. The first-order valence-electron chi connectivity index (χ1n) is 4.66. The van der Waals surface area contributed by atoms with Crippen LogP contribution in [0.2, 0.25) is 0 Å². The Kier molecular flexibility index (Phi) is 3.54. The number of rotatable bonds is 0. The van der Waals surface area contributed by atoms with Crippen LogP contribution in [-0.2, 0) is 9.53 Å². The average molecular weight is 276 g/mol. The first-order chi connectivity index (χ1) is 6.79. The number of amides is 1. The first-order valence-corrected chi connectivity index (χ1v) is 5.46. The van der Waals surface area contributed by atoms with E-state index in [9.17, 15) is 9.59 Å². The SMILES string of the molecule is CC(C)(C)OC(=O)N1CC=C(Br)C(=O)C1. The Morgan fingerprint density at radius 1 is 1.53 bits per heavy atom. The Hall–Kier alpha value is -0.840. The maximum atomic E-state index is 11.6. The van der Waals surface area contributed by atoms with Crippen molar-refractivity contribution in [2.45, 2.75) is 26.4 Å². The van der Waals surface area contributed by atoms with Crippen molar-refractivity contribution in [2.75, 3.05) is 13.1 Å². The fraction of sp³-hybridized carbons (Fsp3) is 0.600. The topological polar surface area (TPSA) is 46.6 Å². The Morgan fingerprint density at radius 3 is 2.60 bits per heavy atom. The number of carbonyl (C=O) groups excluding carboxylic acids is 2. The summed E-state index contributed by atoms with van der Waals surface area (Å²) in [6.07, 6.45) is 1.21. The molecule has 0 aromatic rings. The second-order valence-corrected chi connectivity index (χ2v) is 5.19. The summed E-state index contributed by atoms with van der Waals surface area (Å²) in [4.78, 5) is 24.3. The lowest BCUT2D eigenvalue weighted by atomic mass is 10.2. The van der Waals surface area contributed by atoms with E-state index in [2.05, 4.69) is 15.9 Å². The molecule has 0 radical (unpaired) electrons. The molecule has 15 heavy (non-hydrogen) atoms. The summed E-state index contributed by atoms with van der Waals surface area (Å²) < 4.78 is 5.68. The average Bonchev–Trinajstić information content (AvgIpc) is 2.06. The van der Waals surface area contributed by atoms with Gasteiger partial charge in [0.2, 0.25) is 0 Å². The molecule has 0 atom stereocenters. The molecule has 84 valence electrons. The van der Waals surface area contributed by atoms with Crippen molar-refractivity contribution in [3.63, 3.8) is 0 Å². The molecule has 0 aliphatic carbocycles. The minimum Gasteiger partial charge on any atom is -0.444 e. The number of hydrogen-bond donors (Lipinski definition) is 0. The molecular weight excluding hydrogens is 262 g/mol. The van der Waals surface area contributed by atoms with Crippen molar-refractivity contribution in [3.05, 3.63) is 10.6 Å². The van der Waals surface area contributed by atoms with Crippen molar-refractivity contribution >= 4 is 27.8 Å². The van der Waals surface area contributed by atoms with Crippen LogP contribution in [0, 0.1) is 0 Å². The molecule has 0 saturated carbocycles. The molecule has 1 heterocycles. The van der Waals surface area contributed by atoms with Crippen LogP contribution in [-0.4, -0.2) is 35.5 Å². The number of carbonyl (C=O) groups is 2. The molecule has 4 nitrogen and oxygen atoms in total.